The van der Waals surface area contributed by atoms with Crippen LogP contribution in [-0.2, 0) is 0 Å². The van der Waals surface area contributed by atoms with Gasteiger partial charge in [-0.3, -0.25) is 0 Å². The zero-order valence-electron chi connectivity index (χ0n) is 10.1. The van der Waals surface area contributed by atoms with E-state index in [4.69, 9.17) is 5.73 Å². The van der Waals surface area contributed by atoms with Gasteiger partial charge in [0.15, 0.2) is 0 Å². The van der Waals surface area contributed by atoms with Gasteiger partial charge in [0.05, 0.1) is 5.56 Å². The van der Waals surface area contributed by atoms with Crippen molar-refractivity contribution < 1.29 is 0 Å². The Morgan fingerprint density at radius 1 is 1.29 bits per heavy atom. The average molecular weight is 247 g/mol. The van der Waals surface area contributed by atoms with Gasteiger partial charge in [-0.1, -0.05) is 44.2 Å². The van der Waals surface area contributed by atoms with Crippen LogP contribution in [0.3, 0.4) is 0 Å². The predicted molar refractivity (Wildman–Crippen MR) is 75.3 cm³/mol. The highest BCUT2D eigenvalue weighted by atomic mass is 32.1. The molecule has 0 saturated carbocycles. The number of rotatable bonds is 4. The summed E-state index contributed by atoms with van der Waals surface area (Å²) in [4.78, 5) is 0. The molecule has 0 amide bonds. The summed E-state index contributed by atoms with van der Waals surface area (Å²) in [6, 6.07) is 10.1. The summed E-state index contributed by atoms with van der Waals surface area (Å²) in [6.07, 6.45) is 0. The van der Waals surface area contributed by atoms with Crippen LogP contribution in [0.5, 0.6) is 0 Å². The molecule has 0 saturated heterocycles. The fourth-order valence-electron chi connectivity index (χ4n) is 1.60. The van der Waals surface area contributed by atoms with Gasteiger partial charge in [-0.05, 0) is 23.0 Å². The summed E-state index contributed by atoms with van der Waals surface area (Å²) < 4.78 is 4.23. The number of benzene rings is 1. The van der Waals surface area contributed by atoms with E-state index in [0.717, 1.165) is 22.7 Å². The predicted octanol–water partition coefficient (Wildman–Crippen LogP) is 3.46. The van der Waals surface area contributed by atoms with Crippen molar-refractivity contribution in [3.8, 4) is 11.1 Å². The first kappa shape index (κ1) is 11.9. The van der Waals surface area contributed by atoms with Crippen LogP contribution >= 0.6 is 11.5 Å². The van der Waals surface area contributed by atoms with E-state index in [-0.39, 0.29) is 0 Å². The third-order valence-electron chi connectivity index (χ3n) is 2.45. The maximum absolute atomic E-state index is 5.94. The minimum Gasteiger partial charge on any atom is -0.382 e. The summed E-state index contributed by atoms with van der Waals surface area (Å²) >= 11 is 1.43. The van der Waals surface area contributed by atoms with Gasteiger partial charge in [-0.2, -0.15) is 4.37 Å². The summed E-state index contributed by atoms with van der Waals surface area (Å²) in [5, 5.41) is 4.47. The van der Waals surface area contributed by atoms with Crippen molar-refractivity contribution in [2.45, 2.75) is 13.8 Å². The molecule has 0 aliphatic carbocycles. The van der Waals surface area contributed by atoms with Gasteiger partial charge in [-0.25, -0.2) is 0 Å². The number of hydrogen-bond donors (Lipinski definition) is 2. The van der Waals surface area contributed by atoms with Gasteiger partial charge >= 0.3 is 0 Å². The van der Waals surface area contributed by atoms with Crippen molar-refractivity contribution in [3.63, 3.8) is 0 Å². The third-order valence-corrected chi connectivity index (χ3v) is 3.27. The summed E-state index contributed by atoms with van der Waals surface area (Å²) in [7, 11) is 0. The Balaban J connectivity index is 2.30. The monoisotopic (exact) mass is 247 g/mol. The summed E-state index contributed by atoms with van der Waals surface area (Å²) in [5.41, 5.74) is 8.08. The summed E-state index contributed by atoms with van der Waals surface area (Å²) in [5.74, 6) is 1.20. The Morgan fingerprint density at radius 3 is 2.65 bits per heavy atom. The molecular weight excluding hydrogens is 230 g/mol. The first-order valence-electron chi connectivity index (χ1n) is 5.73. The van der Waals surface area contributed by atoms with Crippen LogP contribution in [0, 0.1) is 5.92 Å². The lowest BCUT2D eigenvalue weighted by molar-refractivity contribution is 0.690. The molecule has 0 spiro atoms. The molecule has 0 fully saturated rings. The van der Waals surface area contributed by atoms with Crippen molar-refractivity contribution in [3.05, 3.63) is 30.3 Å². The normalized spacial score (nSPS) is 10.8. The Hall–Kier alpha value is -1.55. The molecule has 0 unspecified atom stereocenters. The molecule has 3 nitrogen and oxygen atoms in total. The van der Waals surface area contributed by atoms with Gasteiger partial charge in [0.25, 0.3) is 0 Å². The molecule has 0 aliphatic heterocycles. The van der Waals surface area contributed by atoms with Gasteiger partial charge in [0.2, 0.25) is 0 Å². The molecule has 0 aliphatic rings. The van der Waals surface area contributed by atoms with E-state index >= 15 is 0 Å². The van der Waals surface area contributed by atoms with E-state index in [1.807, 2.05) is 18.2 Å². The first-order valence-corrected chi connectivity index (χ1v) is 6.50. The summed E-state index contributed by atoms with van der Waals surface area (Å²) in [6.45, 7) is 5.29. The molecule has 3 N–H and O–H groups in total. The smallest absolute Gasteiger partial charge is 0.147 e. The van der Waals surface area contributed by atoms with Crippen molar-refractivity contribution in [1.82, 2.24) is 4.37 Å². The fraction of sp³-hybridized carbons (Fsp3) is 0.308. The highest BCUT2D eigenvalue weighted by molar-refractivity contribution is 7.11. The maximum Gasteiger partial charge on any atom is 0.147 e. The lowest BCUT2D eigenvalue weighted by Gasteiger charge is -2.09. The van der Waals surface area contributed by atoms with Crippen LogP contribution in [-0.4, -0.2) is 10.9 Å². The fourth-order valence-corrected chi connectivity index (χ4v) is 2.35. The zero-order chi connectivity index (χ0) is 12.3. The molecular formula is C13H17N3S. The first-order chi connectivity index (χ1) is 8.18. The van der Waals surface area contributed by atoms with E-state index in [2.05, 4.69) is 35.7 Å². The van der Waals surface area contributed by atoms with Gasteiger partial charge < -0.3 is 11.1 Å². The molecule has 1 heterocycles. The Labute approximate surface area is 106 Å². The number of nitrogens with two attached hydrogens (primary N) is 1. The van der Waals surface area contributed by atoms with Crippen LogP contribution in [0.4, 0.5) is 10.8 Å². The molecule has 2 rings (SSSR count). The van der Waals surface area contributed by atoms with Crippen molar-refractivity contribution in [2.75, 3.05) is 17.6 Å². The maximum atomic E-state index is 5.94. The standard InChI is InChI=1S/C13H17N3S/c1-9(2)8-15-13-11(12(14)16-17-13)10-6-4-3-5-7-10/h3-7,9,15H,8H2,1-2H3,(H2,14,16). The van der Waals surface area contributed by atoms with Crippen molar-refractivity contribution in [1.29, 1.82) is 0 Å². The minimum atomic E-state index is 0.599. The molecule has 17 heavy (non-hydrogen) atoms. The van der Waals surface area contributed by atoms with E-state index in [9.17, 15) is 0 Å². The quantitative estimate of drug-likeness (QED) is 0.870. The number of anilines is 2. The molecule has 0 bridgehead atoms. The number of nitrogens with zero attached hydrogens (tertiary/aromatic N) is 1. The Kier molecular flexibility index (Phi) is 3.64. The number of aromatic nitrogens is 1. The van der Waals surface area contributed by atoms with E-state index in [1.54, 1.807) is 0 Å². The van der Waals surface area contributed by atoms with Crippen LogP contribution in [0.15, 0.2) is 30.3 Å². The highest BCUT2D eigenvalue weighted by Crippen LogP contribution is 2.36. The largest absolute Gasteiger partial charge is 0.382 e. The highest BCUT2D eigenvalue weighted by Gasteiger charge is 2.13. The Morgan fingerprint density at radius 2 is 2.00 bits per heavy atom. The average Bonchev–Trinajstić information content (AvgIpc) is 2.69. The second-order valence-electron chi connectivity index (χ2n) is 4.41. The van der Waals surface area contributed by atoms with Gasteiger partial charge in [-0.15, -0.1) is 0 Å². The van der Waals surface area contributed by atoms with Crippen molar-refractivity contribution >= 4 is 22.4 Å². The van der Waals surface area contributed by atoms with Crippen LogP contribution < -0.4 is 11.1 Å². The Bertz CT molecular complexity index is 477. The van der Waals surface area contributed by atoms with Crippen LogP contribution in [0.1, 0.15) is 13.8 Å². The number of nitrogen functional groups attached to an aromatic ring is 1. The molecule has 1 aromatic heterocycles. The number of hydrogen-bond acceptors (Lipinski definition) is 4. The second-order valence-corrected chi connectivity index (χ2v) is 5.19. The minimum absolute atomic E-state index is 0.599. The van der Waals surface area contributed by atoms with Gasteiger partial charge in [0.1, 0.15) is 10.8 Å². The van der Waals surface area contributed by atoms with E-state index in [0.29, 0.717) is 11.7 Å². The molecule has 0 atom stereocenters. The molecule has 2 aromatic rings. The molecule has 4 heteroatoms. The van der Waals surface area contributed by atoms with E-state index < -0.39 is 0 Å². The van der Waals surface area contributed by atoms with Crippen LogP contribution in [0.25, 0.3) is 11.1 Å². The zero-order valence-corrected chi connectivity index (χ0v) is 10.9. The lowest BCUT2D eigenvalue weighted by atomic mass is 10.1. The molecule has 0 radical (unpaired) electrons. The molecule has 90 valence electrons. The molecule has 1 aromatic carbocycles. The number of nitrogens with one attached hydrogen (secondary N) is 1. The van der Waals surface area contributed by atoms with Crippen LogP contribution in [0.2, 0.25) is 0 Å². The topological polar surface area (TPSA) is 50.9 Å². The SMILES string of the molecule is CC(C)CNc1snc(N)c1-c1ccccc1. The van der Waals surface area contributed by atoms with Crippen molar-refractivity contribution in [2.24, 2.45) is 5.92 Å². The second kappa shape index (κ2) is 5.19. The van der Waals surface area contributed by atoms with Gasteiger partial charge in [0, 0.05) is 6.54 Å². The third kappa shape index (κ3) is 2.77. The van der Waals surface area contributed by atoms with E-state index in [1.165, 1.54) is 11.5 Å². The lowest BCUT2D eigenvalue weighted by Crippen LogP contribution is -2.07.